The van der Waals surface area contributed by atoms with E-state index in [0.29, 0.717) is 71.9 Å². The van der Waals surface area contributed by atoms with Crippen LogP contribution in [0.15, 0.2) is 0 Å². The van der Waals surface area contributed by atoms with Crippen LogP contribution >= 0.6 is 0 Å². The zero-order valence-corrected chi connectivity index (χ0v) is 30.6. The monoisotopic (exact) mass is 720 g/mol. The molecule has 0 aromatic rings. The summed E-state index contributed by atoms with van der Waals surface area (Å²) in [6.45, 7) is 4.97. The van der Waals surface area contributed by atoms with Gasteiger partial charge in [-0.2, -0.15) is 0 Å². The molecule has 0 fully saturated rings. The molecule has 2 atom stereocenters. The van der Waals surface area contributed by atoms with Crippen LogP contribution in [0.5, 0.6) is 0 Å². The maximum absolute atomic E-state index is 12.3. The van der Waals surface area contributed by atoms with E-state index in [9.17, 15) is 29.4 Å². The van der Waals surface area contributed by atoms with Crippen molar-refractivity contribution < 1.29 is 53.4 Å². The topological polar surface area (TPSA) is 214 Å². The van der Waals surface area contributed by atoms with Gasteiger partial charge in [0.1, 0.15) is 19.4 Å². The molecule has 0 spiro atoms. The summed E-state index contributed by atoms with van der Waals surface area (Å²) in [5.74, 6) is -1.22. The number of carboxylic acids is 1. The zero-order chi connectivity index (χ0) is 36.9. The molecule has 2 unspecified atom stereocenters. The van der Waals surface area contributed by atoms with Crippen LogP contribution in [0.2, 0.25) is 0 Å². The summed E-state index contributed by atoms with van der Waals surface area (Å²) in [7, 11) is 0. The Morgan fingerprint density at radius 2 is 1.08 bits per heavy atom. The van der Waals surface area contributed by atoms with Crippen LogP contribution in [0.25, 0.3) is 0 Å². The van der Waals surface area contributed by atoms with E-state index in [2.05, 4.69) is 28.2 Å². The minimum Gasteiger partial charge on any atom is -0.481 e. The van der Waals surface area contributed by atoms with E-state index in [1.54, 1.807) is 0 Å². The Morgan fingerprint density at radius 3 is 1.62 bits per heavy atom. The Balaban J connectivity index is 3.57. The van der Waals surface area contributed by atoms with Crippen molar-refractivity contribution in [2.24, 2.45) is 0 Å². The van der Waals surface area contributed by atoms with Crippen LogP contribution in [0.3, 0.4) is 0 Å². The average molecular weight is 721 g/mol. The first-order valence-electron chi connectivity index (χ1n) is 18.7. The van der Waals surface area contributed by atoms with Crippen molar-refractivity contribution in [3.05, 3.63) is 0 Å². The fourth-order valence-electron chi connectivity index (χ4n) is 4.78. The average Bonchev–Trinajstić information content (AvgIpc) is 3.09. The highest BCUT2D eigenvalue weighted by Crippen LogP contribution is 2.12. The molecule has 0 aromatic carbocycles. The van der Waals surface area contributed by atoms with Gasteiger partial charge in [0.15, 0.2) is 0 Å². The van der Waals surface area contributed by atoms with E-state index in [0.717, 1.165) is 77.0 Å². The lowest BCUT2D eigenvalue weighted by atomic mass is 10.0. The SMILES string of the molecule is CCCCNC(=O)COCCOCCNC(=O)COCCOCCNC(O)CCC(CO)NC(=O)CCCCCCCCCCCCC(=O)O. The van der Waals surface area contributed by atoms with Crippen molar-refractivity contribution in [2.45, 2.75) is 122 Å². The molecule has 50 heavy (non-hydrogen) atoms. The molecule has 0 radical (unpaired) electrons. The fraction of sp³-hybridized carbons (Fsp3) is 0.886. The lowest BCUT2D eigenvalue weighted by molar-refractivity contribution is -0.137. The number of carbonyl (C=O) groups is 4. The minimum atomic E-state index is -0.799. The van der Waals surface area contributed by atoms with E-state index in [-0.39, 0.29) is 50.6 Å². The molecular formula is C35H68N4O11. The van der Waals surface area contributed by atoms with E-state index < -0.39 is 18.2 Å². The number of rotatable bonds is 38. The lowest BCUT2D eigenvalue weighted by Crippen LogP contribution is -2.39. The number of hydrogen-bond acceptors (Lipinski definition) is 11. The number of aliphatic hydroxyl groups excluding tert-OH is 2. The number of nitrogens with one attached hydrogen (secondary N) is 4. The molecule has 15 heteroatoms. The molecule has 0 aliphatic heterocycles. The van der Waals surface area contributed by atoms with Crippen molar-refractivity contribution in [3.8, 4) is 0 Å². The minimum absolute atomic E-state index is 0.00359. The summed E-state index contributed by atoms with van der Waals surface area (Å²) in [4.78, 5) is 46.1. The second kappa shape index (κ2) is 36.4. The molecule has 0 aliphatic carbocycles. The van der Waals surface area contributed by atoms with E-state index in [4.69, 9.17) is 24.1 Å². The second-order valence-electron chi connectivity index (χ2n) is 12.3. The predicted molar refractivity (Wildman–Crippen MR) is 190 cm³/mol. The Bertz CT molecular complexity index is 838. The highest BCUT2D eigenvalue weighted by Gasteiger charge is 2.14. The first-order chi connectivity index (χ1) is 24.3. The van der Waals surface area contributed by atoms with Gasteiger partial charge < -0.3 is 50.2 Å². The number of hydrogen-bond donors (Lipinski definition) is 7. The van der Waals surface area contributed by atoms with Crippen LogP contribution in [-0.2, 0) is 38.1 Å². The maximum Gasteiger partial charge on any atom is 0.303 e. The third-order valence-electron chi connectivity index (χ3n) is 7.68. The van der Waals surface area contributed by atoms with E-state index >= 15 is 0 Å². The van der Waals surface area contributed by atoms with Gasteiger partial charge in [-0.05, 0) is 32.1 Å². The van der Waals surface area contributed by atoms with Crippen LogP contribution < -0.4 is 21.3 Å². The molecule has 0 heterocycles. The number of carbonyl (C=O) groups excluding carboxylic acids is 3. The molecule has 7 N–H and O–H groups in total. The Morgan fingerprint density at radius 1 is 0.580 bits per heavy atom. The van der Waals surface area contributed by atoms with Gasteiger partial charge in [0.2, 0.25) is 17.7 Å². The summed E-state index contributed by atoms with van der Waals surface area (Å²) in [6, 6.07) is -0.409. The zero-order valence-electron chi connectivity index (χ0n) is 30.6. The van der Waals surface area contributed by atoms with Gasteiger partial charge in [-0.15, -0.1) is 0 Å². The van der Waals surface area contributed by atoms with Gasteiger partial charge >= 0.3 is 5.97 Å². The number of amides is 3. The standard InChI is InChI=1S/C35H68N4O11/c1-2-3-18-36-33(43)28-49-25-24-48-22-20-38-34(44)29-50-26-23-47-21-19-37-31(41)17-16-30(27-40)39-32(42)14-12-10-8-6-4-5-7-9-11-13-15-35(45)46/h30-31,37,40-41H,2-29H2,1H3,(H,36,43)(H,38,44)(H,39,42)(H,45,46). The van der Waals surface area contributed by atoms with Crippen molar-refractivity contribution in [3.63, 3.8) is 0 Å². The van der Waals surface area contributed by atoms with Crippen LogP contribution in [0.4, 0.5) is 0 Å². The molecular weight excluding hydrogens is 652 g/mol. The van der Waals surface area contributed by atoms with Gasteiger partial charge in [-0.3, -0.25) is 24.5 Å². The molecule has 0 saturated heterocycles. The first-order valence-corrected chi connectivity index (χ1v) is 18.7. The summed E-state index contributed by atoms with van der Waals surface area (Å²) in [6.07, 6.45) is 12.9. The fourth-order valence-corrected chi connectivity index (χ4v) is 4.78. The van der Waals surface area contributed by atoms with Crippen molar-refractivity contribution >= 4 is 23.7 Å². The highest BCUT2D eigenvalue weighted by atomic mass is 16.5. The molecule has 0 aliphatic rings. The third-order valence-corrected chi connectivity index (χ3v) is 7.68. The van der Waals surface area contributed by atoms with Gasteiger partial charge in [0, 0.05) is 32.5 Å². The van der Waals surface area contributed by atoms with Gasteiger partial charge in [0.25, 0.3) is 0 Å². The van der Waals surface area contributed by atoms with Gasteiger partial charge in [-0.1, -0.05) is 64.7 Å². The quantitative estimate of drug-likeness (QED) is 0.0361. The van der Waals surface area contributed by atoms with Crippen LogP contribution in [0.1, 0.15) is 110 Å². The Labute approximate surface area is 299 Å². The maximum atomic E-state index is 12.3. The molecule has 0 saturated carbocycles. The first kappa shape index (κ1) is 47.6. The summed E-state index contributed by atoms with van der Waals surface area (Å²) in [5.41, 5.74) is 0. The van der Waals surface area contributed by atoms with E-state index in [1.165, 1.54) is 0 Å². The summed E-state index contributed by atoms with van der Waals surface area (Å²) < 4.78 is 21.3. The van der Waals surface area contributed by atoms with E-state index in [1.807, 2.05) is 0 Å². The molecule has 0 aromatic heterocycles. The largest absolute Gasteiger partial charge is 0.481 e. The number of ether oxygens (including phenoxy) is 4. The number of aliphatic hydroxyl groups is 2. The van der Waals surface area contributed by atoms with Gasteiger partial charge in [-0.25, -0.2) is 0 Å². The second-order valence-corrected chi connectivity index (χ2v) is 12.3. The predicted octanol–water partition coefficient (Wildman–Crippen LogP) is 2.02. The van der Waals surface area contributed by atoms with Gasteiger partial charge in [0.05, 0.1) is 52.3 Å². The van der Waals surface area contributed by atoms with Crippen molar-refractivity contribution in [2.75, 3.05) is 79.1 Å². The normalized spacial score (nSPS) is 12.4. The van der Waals surface area contributed by atoms with Crippen LogP contribution in [0, 0.1) is 0 Å². The molecule has 294 valence electrons. The Hall–Kier alpha value is -2.40. The van der Waals surface area contributed by atoms with Crippen molar-refractivity contribution in [1.82, 2.24) is 21.3 Å². The van der Waals surface area contributed by atoms with Crippen LogP contribution in [-0.4, -0.2) is 130 Å². The number of aliphatic carboxylic acids is 1. The summed E-state index contributed by atoms with van der Waals surface area (Å²) in [5, 5.41) is 39.7. The third kappa shape index (κ3) is 35.4. The van der Waals surface area contributed by atoms with Crippen molar-refractivity contribution in [1.29, 1.82) is 0 Å². The summed E-state index contributed by atoms with van der Waals surface area (Å²) >= 11 is 0. The Kier molecular flexibility index (Phi) is 34.6. The number of unbranched alkanes of at least 4 members (excludes halogenated alkanes) is 10. The smallest absolute Gasteiger partial charge is 0.303 e. The molecule has 0 rings (SSSR count). The highest BCUT2D eigenvalue weighted by molar-refractivity contribution is 5.77. The molecule has 3 amide bonds. The number of carboxylic acid groups (broad SMARTS) is 1. The lowest BCUT2D eigenvalue weighted by Gasteiger charge is -2.19. The molecule has 0 bridgehead atoms. The molecule has 15 nitrogen and oxygen atoms in total.